The van der Waals surface area contributed by atoms with Gasteiger partial charge >= 0.3 is 0 Å². The van der Waals surface area contributed by atoms with E-state index in [0.717, 1.165) is 11.0 Å². The molecule has 3 rings (SSSR count). The summed E-state index contributed by atoms with van der Waals surface area (Å²) in [4.78, 5) is 53.3. The van der Waals surface area contributed by atoms with Crippen LogP contribution in [0.4, 0.5) is 10.1 Å². The summed E-state index contributed by atoms with van der Waals surface area (Å²) >= 11 is 0. The van der Waals surface area contributed by atoms with E-state index >= 15 is 0 Å². The second-order valence-corrected chi connectivity index (χ2v) is 8.76. The van der Waals surface area contributed by atoms with Gasteiger partial charge in [0.15, 0.2) is 0 Å². The fraction of sp³-hybridized carbons (Fsp3) is 0.455. The van der Waals surface area contributed by atoms with Gasteiger partial charge in [0.05, 0.1) is 5.41 Å². The summed E-state index contributed by atoms with van der Waals surface area (Å²) in [7, 11) is 1.38. The van der Waals surface area contributed by atoms with Gasteiger partial charge in [0.2, 0.25) is 23.6 Å². The number of fused-ring (bicyclic) bond motifs is 2. The lowest BCUT2D eigenvalue weighted by atomic mass is 9.79. The van der Waals surface area contributed by atoms with Gasteiger partial charge in [-0.05, 0) is 38.0 Å². The van der Waals surface area contributed by atoms with Gasteiger partial charge in [-0.3, -0.25) is 19.2 Å². The maximum absolute atomic E-state index is 14.5. The summed E-state index contributed by atoms with van der Waals surface area (Å²) in [5, 5.41) is 2.80. The number of rotatable bonds is 6. The van der Waals surface area contributed by atoms with Crippen molar-refractivity contribution in [1.29, 1.82) is 0 Å². The normalized spacial score (nSPS) is 23.3. The van der Waals surface area contributed by atoms with Crippen LogP contribution in [0, 0.1) is 0 Å². The highest BCUT2D eigenvalue weighted by Crippen LogP contribution is 2.46. The molecule has 1 spiro atoms. The van der Waals surface area contributed by atoms with Crippen molar-refractivity contribution in [3.8, 4) is 0 Å². The second kappa shape index (κ2) is 7.79. The Morgan fingerprint density at radius 1 is 1.42 bits per heavy atom. The van der Waals surface area contributed by atoms with Crippen molar-refractivity contribution in [3.05, 3.63) is 42.5 Å². The quantitative estimate of drug-likeness (QED) is 0.659. The zero-order valence-electron chi connectivity index (χ0n) is 17.9. The number of likely N-dealkylation sites (tertiary alicyclic amines) is 1. The van der Waals surface area contributed by atoms with Crippen LogP contribution < -0.4 is 11.1 Å². The van der Waals surface area contributed by atoms with Gasteiger partial charge in [-0.1, -0.05) is 24.8 Å². The number of hydrogen-bond acceptors (Lipinski definition) is 4. The first-order valence-corrected chi connectivity index (χ1v) is 10.00. The molecule has 166 valence electrons. The van der Waals surface area contributed by atoms with Crippen LogP contribution in [0.3, 0.4) is 0 Å². The number of anilines is 1. The monoisotopic (exact) mass is 430 g/mol. The Morgan fingerprint density at radius 3 is 2.65 bits per heavy atom. The Kier molecular flexibility index (Phi) is 5.64. The molecule has 0 aromatic heterocycles. The van der Waals surface area contributed by atoms with E-state index in [-0.39, 0.29) is 25.3 Å². The zero-order chi connectivity index (χ0) is 23.1. The third-order valence-electron chi connectivity index (χ3n) is 6.05. The minimum Gasteiger partial charge on any atom is -0.368 e. The fourth-order valence-corrected chi connectivity index (χ4v) is 4.46. The van der Waals surface area contributed by atoms with Gasteiger partial charge in [-0.2, -0.15) is 0 Å². The molecule has 1 aromatic carbocycles. The van der Waals surface area contributed by atoms with E-state index in [1.807, 2.05) is 0 Å². The molecule has 9 heteroatoms. The van der Waals surface area contributed by atoms with Crippen LogP contribution in [-0.2, 0) is 24.6 Å². The van der Waals surface area contributed by atoms with E-state index in [1.54, 1.807) is 24.3 Å². The predicted molar refractivity (Wildman–Crippen MR) is 113 cm³/mol. The first-order valence-electron chi connectivity index (χ1n) is 10.00. The molecule has 0 radical (unpaired) electrons. The van der Waals surface area contributed by atoms with Gasteiger partial charge in [-0.15, -0.1) is 0 Å². The molecule has 4 amide bonds. The highest BCUT2D eigenvalue weighted by molar-refractivity contribution is 6.08. The van der Waals surface area contributed by atoms with Crippen LogP contribution in [0.5, 0.6) is 0 Å². The topological polar surface area (TPSA) is 113 Å². The third kappa shape index (κ3) is 3.92. The van der Waals surface area contributed by atoms with Gasteiger partial charge in [0, 0.05) is 25.7 Å². The molecule has 0 unspecified atom stereocenters. The summed E-state index contributed by atoms with van der Waals surface area (Å²) in [5.74, 6) is -2.29. The number of primary amides is 1. The lowest BCUT2D eigenvalue weighted by molar-refractivity contribution is -0.146. The van der Waals surface area contributed by atoms with Gasteiger partial charge in [0.1, 0.15) is 17.8 Å². The number of carbonyl (C=O) groups is 4. The van der Waals surface area contributed by atoms with Crippen LogP contribution in [0.25, 0.3) is 0 Å². The molecule has 1 fully saturated rings. The summed E-state index contributed by atoms with van der Waals surface area (Å²) in [5.41, 5.74) is 3.99. The molecule has 1 saturated heterocycles. The Bertz CT molecular complexity index is 957. The van der Waals surface area contributed by atoms with Crippen molar-refractivity contribution < 1.29 is 23.6 Å². The molecule has 1 aromatic rings. The second-order valence-electron chi connectivity index (χ2n) is 8.76. The number of alkyl halides is 1. The predicted octanol–water partition coefficient (Wildman–Crippen LogP) is 1.11. The van der Waals surface area contributed by atoms with Crippen LogP contribution >= 0.6 is 0 Å². The highest BCUT2D eigenvalue weighted by atomic mass is 19.1. The van der Waals surface area contributed by atoms with Crippen LogP contribution in [0.2, 0.25) is 0 Å². The van der Waals surface area contributed by atoms with Crippen molar-refractivity contribution in [2.75, 3.05) is 18.9 Å². The Labute approximate surface area is 180 Å². The molecule has 8 nitrogen and oxygen atoms in total. The SMILES string of the molecule is C=CC(=O)N(C)[C@@H](CC(C)(C)F)C(=O)N1C[C@]2(C[C@H]1C(N)=O)C(=O)Nc1ccccc12. The Hall–Kier alpha value is -3.23. The van der Waals surface area contributed by atoms with Crippen LogP contribution in [0.15, 0.2) is 36.9 Å². The molecule has 3 N–H and O–H groups in total. The molecule has 0 bridgehead atoms. The number of para-hydroxylation sites is 1. The fourth-order valence-electron chi connectivity index (χ4n) is 4.46. The van der Waals surface area contributed by atoms with Gasteiger partial charge < -0.3 is 20.9 Å². The third-order valence-corrected chi connectivity index (χ3v) is 6.05. The smallest absolute Gasteiger partial charge is 0.246 e. The maximum atomic E-state index is 14.5. The Morgan fingerprint density at radius 2 is 2.06 bits per heavy atom. The van der Waals surface area contributed by atoms with Crippen molar-refractivity contribution in [1.82, 2.24) is 9.80 Å². The van der Waals surface area contributed by atoms with Crippen LogP contribution in [0.1, 0.15) is 32.3 Å². The molecular formula is C22H27FN4O4. The minimum atomic E-state index is -1.77. The molecule has 3 atom stereocenters. The lowest BCUT2D eigenvalue weighted by Crippen LogP contribution is -2.54. The van der Waals surface area contributed by atoms with E-state index in [2.05, 4.69) is 11.9 Å². The van der Waals surface area contributed by atoms with E-state index < -0.39 is 40.9 Å². The van der Waals surface area contributed by atoms with E-state index in [9.17, 15) is 23.6 Å². The summed E-state index contributed by atoms with van der Waals surface area (Å²) < 4.78 is 14.5. The Balaban J connectivity index is 2.02. The standard InChI is InChI=1S/C22H27FN4O4/c1-5-17(28)26(4)16(10-21(2,3)23)19(30)27-12-22(11-15(27)18(24)29)13-8-6-7-9-14(13)25-20(22)31/h5-9,15-16H,1,10-12H2,2-4H3,(H2,24,29)(H,25,31)/t15-,16-,22-/m0/s1. The number of amides is 4. The zero-order valence-corrected chi connectivity index (χ0v) is 17.9. The van der Waals surface area contributed by atoms with Crippen molar-refractivity contribution in [2.24, 2.45) is 5.73 Å². The number of nitrogens with zero attached hydrogens (tertiary/aromatic N) is 2. The number of nitrogens with two attached hydrogens (primary N) is 1. The first kappa shape index (κ1) is 22.5. The number of halogens is 1. The molecular weight excluding hydrogens is 403 g/mol. The number of nitrogens with one attached hydrogen (secondary N) is 1. The summed E-state index contributed by atoms with van der Waals surface area (Å²) in [6.07, 6.45) is 0.755. The summed E-state index contributed by atoms with van der Waals surface area (Å²) in [6, 6.07) is 4.81. The maximum Gasteiger partial charge on any atom is 0.246 e. The number of benzene rings is 1. The summed E-state index contributed by atoms with van der Waals surface area (Å²) in [6.45, 7) is 5.93. The average molecular weight is 430 g/mol. The minimum absolute atomic E-state index is 0.0157. The average Bonchev–Trinajstić information content (AvgIpc) is 3.24. The molecule has 31 heavy (non-hydrogen) atoms. The number of likely N-dealkylation sites (N-methyl/N-ethyl adjacent to an activating group) is 1. The first-order chi connectivity index (χ1) is 14.4. The molecule has 0 aliphatic carbocycles. The van der Waals surface area contributed by atoms with Crippen LogP contribution in [-0.4, -0.2) is 64.8 Å². The molecule has 2 aliphatic rings. The highest BCUT2D eigenvalue weighted by Gasteiger charge is 2.58. The molecule has 0 saturated carbocycles. The number of carbonyl (C=O) groups excluding carboxylic acids is 4. The van der Waals surface area contributed by atoms with Crippen molar-refractivity contribution >= 4 is 29.3 Å². The van der Waals surface area contributed by atoms with Crippen molar-refractivity contribution in [3.63, 3.8) is 0 Å². The van der Waals surface area contributed by atoms with E-state index in [1.165, 1.54) is 25.8 Å². The van der Waals surface area contributed by atoms with Gasteiger partial charge in [0.25, 0.3) is 0 Å². The number of hydrogen-bond donors (Lipinski definition) is 2. The van der Waals surface area contributed by atoms with E-state index in [0.29, 0.717) is 11.3 Å². The van der Waals surface area contributed by atoms with E-state index in [4.69, 9.17) is 5.73 Å². The lowest BCUT2D eigenvalue weighted by Gasteiger charge is -2.34. The van der Waals surface area contributed by atoms with Gasteiger partial charge in [-0.25, -0.2) is 4.39 Å². The van der Waals surface area contributed by atoms with Crippen molar-refractivity contribution in [2.45, 2.75) is 49.9 Å². The molecule has 2 heterocycles. The largest absolute Gasteiger partial charge is 0.368 e. The molecule has 2 aliphatic heterocycles.